The van der Waals surface area contributed by atoms with Gasteiger partial charge in [0, 0.05) is 30.1 Å². The van der Waals surface area contributed by atoms with Gasteiger partial charge in [-0.25, -0.2) is 4.79 Å². The summed E-state index contributed by atoms with van der Waals surface area (Å²) < 4.78 is 7.00. The standard InChI is InChI=1S/C16H19NO2/c1-11(2)9-10-14-15(16(18)19-4)12-7-5-6-8-13(12)17(14)3/h5-9H,10H2,1-4H3. The fourth-order valence-electron chi connectivity index (χ4n) is 2.32. The summed E-state index contributed by atoms with van der Waals surface area (Å²) in [5.74, 6) is -0.269. The second-order valence-corrected chi connectivity index (χ2v) is 4.88. The monoisotopic (exact) mass is 257 g/mol. The molecule has 0 saturated carbocycles. The molecule has 0 atom stereocenters. The molecule has 0 aliphatic rings. The van der Waals surface area contributed by atoms with Crippen LogP contribution in [-0.2, 0) is 18.2 Å². The molecule has 0 spiro atoms. The number of methoxy groups -OCH3 is 1. The van der Waals surface area contributed by atoms with E-state index in [2.05, 4.69) is 24.5 Å². The lowest BCUT2D eigenvalue weighted by molar-refractivity contribution is 0.0601. The van der Waals surface area contributed by atoms with Crippen LogP contribution in [0.4, 0.5) is 0 Å². The number of rotatable bonds is 3. The van der Waals surface area contributed by atoms with Crippen molar-refractivity contribution in [2.45, 2.75) is 20.3 Å². The van der Waals surface area contributed by atoms with Crippen LogP contribution in [0.25, 0.3) is 10.9 Å². The molecule has 100 valence electrons. The summed E-state index contributed by atoms with van der Waals surface area (Å²) in [6.07, 6.45) is 2.86. The summed E-state index contributed by atoms with van der Waals surface area (Å²) in [6, 6.07) is 7.91. The molecule has 0 saturated heterocycles. The predicted molar refractivity (Wildman–Crippen MR) is 77.4 cm³/mol. The number of hydrogen-bond acceptors (Lipinski definition) is 2. The molecule has 0 bridgehead atoms. The van der Waals surface area contributed by atoms with E-state index in [1.165, 1.54) is 12.7 Å². The van der Waals surface area contributed by atoms with Gasteiger partial charge in [0.05, 0.1) is 12.7 Å². The highest BCUT2D eigenvalue weighted by molar-refractivity contribution is 6.06. The van der Waals surface area contributed by atoms with Crippen molar-refractivity contribution in [3.8, 4) is 0 Å². The smallest absolute Gasteiger partial charge is 0.340 e. The first kappa shape index (κ1) is 13.4. The van der Waals surface area contributed by atoms with Gasteiger partial charge in [-0.15, -0.1) is 0 Å². The summed E-state index contributed by atoms with van der Waals surface area (Å²) in [5.41, 5.74) is 3.97. The number of fused-ring (bicyclic) bond motifs is 1. The molecule has 19 heavy (non-hydrogen) atoms. The van der Waals surface area contributed by atoms with Crippen molar-refractivity contribution < 1.29 is 9.53 Å². The minimum atomic E-state index is -0.269. The van der Waals surface area contributed by atoms with Crippen molar-refractivity contribution in [2.24, 2.45) is 7.05 Å². The van der Waals surface area contributed by atoms with E-state index in [1.54, 1.807) is 0 Å². The molecule has 0 fully saturated rings. The number of carbonyl (C=O) groups excluding carboxylic acids is 1. The Morgan fingerprint density at radius 3 is 2.63 bits per heavy atom. The van der Waals surface area contributed by atoms with Gasteiger partial charge in [0.15, 0.2) is 0 Å². The van der Waals surface area contributed by atoms with E-state index < -0.39 is 0 Å². The van der Waals surface area contributed by atoms with Gasteiger partial charge in [-0.05, 0) is 19.9 Å². The Bertz CT molecular complexity index is 646. The van der Waals surface area contributed by atoms with Crippen LogP contribution in [0.15, 0.2) is 35.9 Å². The molecule has 1 aromatic carbocycles. The van der Waals surface area contributed by atoms with Crippen molar-refractivity contribution in [2.75, 3.05) is 7.11 Å². The number of esters is 1. The fourth-order valence-corrected chi connectivity index (χ4v) is 2.32. The molecule has 0 aliphatic carbocycles. The van der Waals surface area contributed by atoms with E-state index in [9.17, 15) is 4.79 Å². The topological polar surface area (TPSA) is 31.2 Å². The SMILES string of the molecule is COC(=O)c1c(CC=C(C)C)n(C)c2ccccc12. The predicted octanol–water partition coefficient (Wildman–Crippen LogP) is 3.47. The first-order valence-corrected chi connectivity index (χ1v) is 6.34. The maximum Gasteiger partial charge on any atom is 0.340 e. The number of aromatic nitrogens is 1. The maximum absolute atomic E-state index is 12.1. The van der Waals surface area contributed by atoms with Crippen molar-refractivity contribution in [1.29, 1.82) is 0 Å². The molecule has 0 N–H and O–H groups in total. The number of nitrogens with zero attached hydrogens (tertiary/aromatic N) is 1. The number of carbonyl (C=O) groups is 1. The summed E-state index contributed by atoms with van der Waals surface area (Å²) >= 11 is 0. The van der Waals surface area contributed by atoms with Crippen molar-refractivity contribution in [3.63, 3.8) is 0 Å². The summed E-state index contributed by atoms with van der Waals surface area (Å²) in [4.78, 5) is 12.1. The number of benzene rings is 1. The Morgan fingerprint density at radius 2 is 2.00 bits per heavy atom. The number of ether oxygens (including phenoxy) is 1. The van der Waals surface area contributed by atoms with E-state index in [0.29, 0.717) is 5.56 Å². The summed E-state index contributed by atoms with van der Waals surface area (Å²) in [5, 5.41) is 0.953. The minimum absolute atomic E-state index is 0.269. The van der Waals surface area contributed by atoms with E-state index in [4.69, 9.17) is 4.74 Å². The van der Waals surface area contributed by atoms with Gasteiger partial charge in [-0.3, -0.25) is 0 Å². The summed E-state index contributed by atoms with van der Waals surface area (Å²) in [7, 11) is 3.41. The first-order valence-electron chi connectivity index (χ1n) is 6.34. The lowest BCUT2D eigenvalue weighted by Gasteiger charge is -2.04. The highest BCUT2D eigenvalue weighted by Gasteiger charge is 2.20. The minimum Gasteiger partial charge on any atom is -0.465 e. The molecular weight excluding hydrogens is 238 g/mol. The van der Waals surface area contributed by atoms with E-state index >= 15 is 0 Å². The maximum atomic E-state index is 12.1. The Kier molecular flexibility index (Phi) is 3.74. The second-order valence-electron chi connectivity index (χ2n) is 4.88. The lowest BCUT2D eigenvalue weighted by Crippen LogP contribution is -2.06. The Hall–Kier alpha value is -2.03. The zero-order chi connectivity index (χ0) is 14.0. The van der Waals surface area contributed by atoms with Gasteiger partial charge < -0.3 is 9.30 Å². The van der Waals surface area contributed by atoms with Crippen molar-refractivity contribution >= 4 is 16.9 Å². The highest BCUT2D eigenvalue weighted by Crippen LogP contribution is 2.26. The second kappa shape index (κ2) is 5.31. The van der Waals surface area contributed by atoms with Gasteiger partial charge in [-0.1, -0.05) is 29.8 Å². The van der Waals surface area contributed by atoms with Gasteiger partial charge in [0.1, 0.15) is 0 Å². The van der Waals surface area contributed by atoms with Crippen molar-refractivity contribution in [3.05, 3.63) is 47.2 Å². The molecule has 3 heteroatoms. The first-order chi connectivity index (χ1) is 9.06. The van der Waals surface area contributed by atoms with Gasteiger partial charge >= 0.3 is 5.97 Å². The number of para-hydroxylation sites is 1. The fraction of sp³-hybridized carbons (Fsp3) is 0.312. The highest BCUT2D eigenvalue weighted by atomic mass is 16.5. The van der Waals surface area contributed by atoms with Crippen LogP contribution in [0.2, 0.25) is 0 Å². The average molecular weight is 257 g/mol. The van der Waals surface area contributed by atoms with Crippen LogP contribution in [0.5, 0.6) is 0 Å². The molecule has 0 aliphatic heterocycles. The van der Waals surface area contributed by atoms with Gasteiger partial charge in [-0.2, -0.15) is 0 Å². The molecule has 0 amide bonds. The third-order valence-corrected chi connectivity index (χ3v) is 3.32. The largest absolute Gasteiger partial charge is 0.465 e. The zero-order valence-electron chi connectivity index (χ0n) is 11.9. The van der Waals surface area contributed by atoms with E-state index in [1.807, 2.05) is 31.3 Å². The van der Waals surface area contributed by atoms with Crippen LogP contribution >= 0.6 is 0 Å². The molecule has 1 aromatic heterocycles. The number of hydrogen-bond donors (Lipinski definition) is 0. The van der Waals surface area contributed by atoms with E-state index in [-0.39, 0.29) is 5.97 Å². The normalized spacial score (nSPS) is 10.5. The van der Waals surface area contributed by atoms with Crippen LogP contribution in [0, 0.1) is 0 Å². The molecule has 2 aromatic rings. The molecule has 0 radical (unpaired) electrons. The van der Waals surface area contributed by atoms with Gasteiger partial charge in [0.2, 0.25) is 0 Å². The van der Waals surface area contributed by atoms with Crippen molar-refractivity contribution in [1.82, 2.24) is 4.57 Å². The van der Waals surface area contributed by atoms with E-state index in [0.717, 1.165) is 23.0 Å². The number of allylic oxidation sites excluding steroid dienone is 2. The molecule has 3 nitrogen and oxygen atoms in total. The molecule has 0 unspecified atom stereocenters. The Balaban J connectivity index is 2.69. The third-order valence-electron chi connectivity index (χ3n) is 3.32. The summed E-state index contributed by atoms with van der Waals surface area (Å²) in [6.45, 7) is 4.11. The quantitative estimate of drug-likeness (QED) is 0.622. The van der Waals surface area contributed by atoms with Gasteiger partial charge in [0.25, 0.3) is 0 Å². The number of aryl methyl sites for hydroxylation is 1. The zero-order valence-corrected chi connectivity index (χ0v) is 11.9. The molecule has 2 rings (SSSR count). The third kappa shape index (κ3) is 2.41. The molecular formula is C16H19NO2. The lowest BCUT2D eigenvalue weighted by atomic mass is 10.1. The molecule has 1 heterocycles. The Labute approximate surface area is 113 Å². The van der Waals surface area contributed by atoms with Crippen LogP contribution in [0.3, 0.4) is 0 Å². The Morgan fingerprint density at radius 1 is 1.32 bits per heavy atom. The van der Waals surface area contributed by atoms with Crippen LogP contribution in [-0.4, -0.2) is 17.6 Å². The average Bonchev–Trinajstić information content (AvgIpc) is 2.69. The van der Waals surface area contributed by atoms with Crippen LogP contribution < -0.4 is 0 Å². The van der Waals surface area contributed by atoms with Crippen LogP contribution in [0.1, 0.15) is 29.9 Å².